The van der Waals surface area contributed by atoms with Crippen molar-refractivity contribution in [2.75, 3.05) is 0 Å². The molecule has 0 aliphatic heterocycles. The van der Waals surface area contributed by atoms with E-state index in [4.69, 9.17) is 10.5 Å². The van der Waals surface area contributed by atoms with Crippen molar-refractivity contribution in [3.8, 4) is 11.6 Å². The second-order valence-electron chi connectivity index (χ2n) is 2.71. The Kier molecular flexibility index (Phi) is 2.84. The van der Waals surface area contributed by atoms with Crippen LogP contribution in [-0.2, 0) is 0 Å². The van der Waals surface area contributed by atoms with Crippen LogP contribution in [0, 0.1) is 22.1 Å². The summed E-state index contributed by atoms with van der Waals surface area (Å²) in [5.41, 5.74) is 0. The SMILES string of the molecule is C[Si](C)(C)P(C#N)C#N. The summed E-state index contributed by atoms with van der Waals surface area (Å²) in [5.74, 6) is 4.11. The molecule has 0 fully saturated rings. The minimum atomic E-state index is -1.44. The first-order valence-electron chi connectivity index (χ1n) is 2.62. The van der Waals surface area contributed by atoms with Crippen LogP contribution in [0.4, 0.5) is 0 Å². The lowest BCUT2D eigenvalue weighted by atomic mass is 11.8. The molecule has 0 saturated heterocycles. The molecule has 0 amide bonds. The highest BCUT2D eigenvalue weighted by Gasteiger charge is 2.26. The maximum absolute atomic E-state index is 8.45. The van der Waals surface area contributed by atoms with Gasteiger partial charge in [-0.2, -0.15) is 10.5 Å². The summed E-state index contributed by atoms with van der Waals surface area (Å²) in [6.45, 7) is 6.14. The number of nitriles is 2. The van der Waals surface area contributed by atoms with Crippen molar-refractivity contribution in [1.29, 1.82) is 10.5 Å². The Bertz CT molecular complexity index is 157. The Hall–Kier alpha value is -0.373. The molecule has 2 nitrogen and oxygen atoms in total. The monoisotopic (exact) mass is 156 g/mol. The normalized spacial score (nSPS) is 10.4. The van der Waals surface area contributed by atoms with Crippen molar-refractivity contribution < 1.29 is 0 Å². The first kappa shape index (κ1) is 8.63. The van der Waals surface area contributed by atoms with E-state index >= 15 is 0 Å². The van der Waals surface area contributed by atoms with Crippen LogP contribution in [0.25, 0.3) is 0 Å². The molecule has 0 aromatic rings. The summed E-state index contributed by atoms with van der Waals surface area (Å²) in [5, 5.41) is 16.9. The maximum Gasteiger partial charge on any atom is 0.108 e. The van der Waals surface area contributed by atoms with Gasteiger partial charge in [0.2, 0.25) is 0 Å². The quantitative estimate of drug-likeness (QED) is 0.432. The Morgan fingerprint density at radius 3 is 1.44 bits per heavy atom. The summed E-state index contributed by atoms with van der Waals surface area (Å²) in [4.78, 5) is 0. The van der Waals surface area contributed by atoms with Gasteiger partial charge in [0.15, 0.2) is 0 Å². The fourth-order valence-electron chi connectivity index (χ4n) is 0.322. The molecule has 0 N–H and O–H groups in total. The molecule has 0 atom stereocenters. The van der Waals surface area contributed by atoms with Crippen molar-refractivity contribution in [1.82, 2.24) is 0 Å². The van der Waals surface area contributed by atoms with E-state index in [0.29, 0.717) is 0 Å². The first-order chi connectivity index (χ1) is 4.02. The summed E-state index contributed by atoms with van der Waals surface area (Å²) >= 11 is 0. The van der Waals surface area contributed by atoms with Crippen LogP contribution in [0.3, 0.4) is 0 Å². The molecule has 0 aliphatic carbocycles. The third-order valence-corrected chi connectivity index (χ3v) is 7.24. The smallest absolute Gasteiger partial charge is 0.108 e. The van der Waals surface area contributed by atoms with Crippen LogP contribution in [-0.4, -0.2) is 7.74 Å². The zero-order valence-corrected chi connectivity index (χ0v) is 7.74. The lowest BCUT2D eigenvalue weighted by molar-refractivity contribution is 1.55. The van der Waals surface area contributed by atoms with E-state index in [9.17, 15) is 0 Å². The van der Waals surface area contributed by atoms with Gasteiger partial charge in [-0.1, -0.05) is 19.6 Å². The van der Waals surface area contributed by atoms with Crippen molar-refractivity contribution in [3.63, 3.8) is 0 Å². The molecule has 9 heavy (non-hydrogen) atoms. The third kappa shape index (κ3) is 2.61. The first-order valence-corrected chi connectivity index (χ1v) is 8.30. The van der Waals surface area contributed by atoms with Crippen LogP contribution in [0.1, 0.15) is 0 Å². The summed E-state index contributed by atoms with van der Waals surface area (Å²) in [7, 11) is -2.39. The lowest BCUT2D eigenvalue weighted by Gasteiger charge is -2.13. The molecule has 0 aromatic heterocycles. The molecule has 4 heteroatoms. The Balaban J connectivity index is 4.23. The zero-order chi connectivity index (χ0) is 7.49. The highest BCUT2D eigenvalue weighted by molar-refractivity contribution is 8.01. The van der Waals surface area contributed by atoms with E-state index in [0.717, 1.165) is 0 Å². The molecule has 0 bridgehead atoms. The molecule has 0 saturated carbocycles. The summed E-state index contributed by atoms with van der Waals surface area (Å²) < 4.78 is 0. The van der Waals surface area contributed by atoms with Crippen molar-refractivity contribution in [2.24, 2.45) is 0 Å². The van der Waals surface area contributed by atoms with Crippen LogP contribution in [0.15, 0.2) is 0 Å². The lowest BCUT2D eigenvalue weighted by Crippen LogP contribution is -2.15. The molecule has 0 rings (SSSR count). The molecule has 48 valence electrons. The van der Waals surface area contributed by atoms with Gasteiger partial charge in [0.05, 0.1) is 19.1 Å². The number of hydrogen-bond donors (Lipinski definition) is 0. The fourth-order valence-corrected chi connectivity index (χ4v) is 2.77. The van der Waals surface area contributed by atoms with Crippen LogP contribution < -0.4 is 0 Å². The van der Waals surface area contributed by atoms with Crippen LogP contribution >= 0.6 is 7.47 Å². The van der Waals surface area contributed by atoms with Gasteiger partial charge in [-0.3, -0.25) is 0 Å². The predicted molar refractivity (Wildman–Crippen MR) is 41.5 cm³/mol. The molecule has 0 heterocycles. The zero-order valence-electron chi connectivity index (χ0n) is 5.84. The standard InChI is InChI=1S/C5H9N2PSi/c1-9(2,3)8(4-6)5-7/h1-3H3. The van der Waals surface area contributed by atoms with Crippen molar-refractivity contribution >= 4 is 15.2 Å². The van der Waals surface area contributed by atoms with Gasteiger partial charge in [0, 0.05) is 0 Å². The maximum atomic E-state index is 8.45. The van der Waals surface area contributed by atoms with Gasteiger partial charge in [-0.25, -0.2) is 0 Å². The Morgan fingerprint density at radius 2 is 1.44 bits per heavy atom. The van der Waals surface area contributed by atoms with Gasteiger partial charge in [-0.05, 0) is 0 Å². The van der Waals surface area contributed by atoms with Crippen molar-refractivity contribution in [2.45, 2.75) is 19.6 Å². The molecule has 0 aliphatic rings. The molecule has 0 unspecified atom stereocenters. The second kappa shape index (κ2) is 2.97. The predicted octanol–water partition coefficient (Wildman–Crippen LogP) is 2.27. The molecule has 0 radical (unpaired) electrons. The van der Waals surface area contributed by atoms with Crippen LogP contribution in [0.5, 0.6) is 0 Å². The number of rotatable bonds is 1. The highest BCUT2D eigenvalue weighted by atomic mass is 31.4. The van der Waals surface area contributed by atoms with E-state index in [1.807, 2.05) is 19.6 Å². The van der Waals surface area contributed by atoms with Crippen molar-refractivity contribution in [3.05, 3.63) is 0 Å². The number of nitrogens with zero attached hydrogens (tertiary/aromatic N) is 2. The van der Waals surface area contributed by atoms with E-state index in [1.165, 1.54) is 0 Å². The molecular formula is C5H9N2PSi. The number of hydrogen-bond acceptors (Lipinski definition) is 2. The van der Waals surface area contributed by atoms with Gasteiger partial charge in [0.1, 0.15) is 7.74 Å². The second-order valence-corrected chi connectivity index (χ2v) is 13.5. The topological polar surface area (TPSA) is 47.6 Å². The summed E-state index contributed by atoms with van der Waals surface area (Å²) in [6, 6.07) is 0. The fraction of sp³-hybridized carbons (Fsp3) is 0.600. The highest BCUT2D eigenvalue weighted by Crippen LogP contribution is 2.43. The molecular weight excluding hydrogens is 147 g/mol. The van der Waals surface area contributed by atoms with E-state index in [1.54, 1.807) is 0 Å². The average molecular weight is 156 g/mol. The third-order valence-electron chi connectivity index (χ3n) is 0.871. The van der Waals surface area contributed by atoms with Gasteiger partial charge < -0.3 is 0 Å². The molecule has 0 spiro atoms. The molecule has 0 aromatic carbocycles. The minimum absolute atomic E-state index is 0.947. The van der Waals surface area contributed by atoms with E-state index in [2.05, 4.69) is 11.6 Å². The Labute approximate surface area is 57.7 Å². The summed E-state index contributed by atoms with van der Waals surface area (Å²) in [6.07, 6.45) is 0. The van der Waals surface area contributed by atoms with Gasteiger partial charge in [0.25, 0.3) is 0 Å². The van der Waals surface area contributed by atoms with Gasteiger partial charge >= 0.3 is 0 Å². The van der Waals surface area contributed by atoms with E-state index < -0.39 is 15.2 Å². The minimum Gasteiger partial charge on any atom is -0.193 e. The van der Waals surface area contributed by atoms with E-state index in [-0.39, 0.29) is 0 Å². The average Bonchev–Trinajstić information content (AvgIpc) is 1.65. The van der Waals surface area contributed by atoms with Gasteiger partial charge in [-0.15, -0.1) is 0 Å². The largest absolute Gasteiger partial charge is 0.193 e. The van der Waals surface area contributed by atoms with Crippen LogP contribution in [0.2, 0.25) is 19.6 Å². The Morgan fingerprint density at radius 1 is 1.11 bits per heavy atom.